The number of carbonyl (C=O) groups excluding carboxylic acids is 1. The second-order valence-electron chi connectivity index (χ2n) is 6.05. The van der Waals surface area contributed by atoms with Crippen LogP contribution in [0.5, 0.6) is 5.75 Å². The normalized spacial score (nSPS) is 11.1. The summed E-state index contributed by atoms with van der Waals surface area (Å²) in [5.41, 5.74) is 1.99. The molecule has 0 fully saturated rings. The quantitative estimate of drug-likeness (QED) is 0.725. The van der Waals surface area contributed by atoms with Crippen LogP contribution in [0.1, 0.15) is 18.1 Å². The molecule has 0 unspecified atom stereocenters. The van der Waals surface area contributed by atoms with E-state index in [1.54, 1.807) is 25.1 Å². The molecular formula is C19H23ClN2O4S. The van der Waals surface area contributed by atoms with Gasteiger partial charge < -0.3 is 10.1 Å². The van der Waals surface area contributed by atoms with Crippen LogP contribution in [-0.4, -0.2) is 33.7 Å². The molecule has 0 aromatic heterocycles. The van der Waals surface area contributed by atoms with Gasteiger partial charge in [-0.3, -0.25) is 9.10 Å². The van der Waals surface area contributed by atoms with Crippen molar-refractivity contribution in [1.29, 1.82) is 0 Å². The standard InChI is InChI=1S/C19H23ClN2O4S/c1-4-26-17-8-5-15(6-9-17)12-21-19(23)13-22(27(3,24)25)18-10-7-16(20)11-14(18)2/h5-11H,4,12-13H2,1-3H3,(H,21,23). The molecule has 0 radical (unpaired) electrons. The number of anilines is 1. The van der Waals surface area contributed by atoms with Gasteiger partial charge >= 0.3 is 0 Å². The van der Waals surface area contributed by atoms with E-state index in [9.17, 15) is 13.2 Å². The van der Waals surface area contributed by atoms with Gasteiger partial charge in [0.15, 0.2) is 0 Å². The molecule has 146 valence electrons. The van der Waals surface area contributed by atoms with E-state index in [1.165, 1.54) is 0 Å². The van der Waals surface area contributed by atoms with Crippen molar-refractivity contribution in [2.75, 3.05) is 23.7 Å². The number of hydrogen-bond acceptors (Lipinski definition) is 4. The smallest absolute Gasteiger partial charge is 0.241 e. The molecular weight excluding hydrogens is 388 g/mol. The number of nitrogens with zero attached hydrogens (tertiary/aromatic N) is 1. The van der Waals surface area contributed by atoms with Gasteiger partial charge in [0.2, 0.25) is 15.9 Å². The van der Waals surface area contributed by atoms with E-state index in [1.807, 2.05) is 31.2 Å². The van der Waals surface area contributed by atoms with Gasteiger partial charge in [-0.15, -0.1) is 0 Å². The number of aryl methyl sites for hydroxylation is 1. The molecule has 2 aromatic rings. The average Bonchev–Trinajstić information content (AvgIpc) is 2.59. The van der Waals surface area contributed by atoms with Gasteiger partial charge in [-0.1, -0.05) is 23.7 Å². The van der Waals surface area contributed by atoms with E-state index < -0.39 is 15.9 Å². The summed E-state index contributed by atoms with van der Waals surface area (Å²) in [6.07, 6.45) is 1.07. The molecule has 1 amide bonds. The van der Waals surface area contributed by atoms with E-state index in [2.05, 4.69) is 5.32 Å². The minimum Gasteiger partial charge on any atom is -0.494 e. The van der Waals surface area contributed by atoms with Crippen LogP contribution < -0.4 is 14.4 Å². The van der Waals surface area contributed by atoms with E-state index in [-0.39, 0.29) is 6.54 Å². The molecule has 0 aliphatic heterocycles. The number of benzene rings is 2. The summed E-state index contributed by atoms with van der Waals surface area (Å²) in [7, 11) is -3.63. The second kappa shape index (κ2) is 9.10. The molecule has 0 spiro atoms. The van der Waals surface area contributed by atoms with E-state index >= 15 is 0 Å². The van der Waals surface area contributed by atoms with Crippen molar-refractivity contribution in [3.05, 3.63) is 58.6 Å². The molecule has 0 heterocycles. The first-order chi connectivity index (χ1) is 12.7. The van der Waals surface area contributed by atoms with Gasteiger partial charge in [0.1, 0.15) is 12.3 Å². The largest absolute Gasteiger partial charge is 0.494 e. The van der Waals surface area contributed by atoms with Gasteiger partial charge in [-0.05, 0) is 55.3 Å². The lowest BCUT2D eigenvalue weighted by atomic mass is 10.2. The molecule has 0 aliphatic rings. The zero-order valence-electron chi connectivity index (χ0n) is 15.5. The van der Waals surface area contributed by atoms with Gasteiger partial charge in [-0.2, -0.15) is 0 Å². The van der Waals surface area contributed by atoms with E-state index in [0.717, 1.165) is 21.9 Å². The summed E-state index contributed by atoms with van der Waals surface area (Å²) in [6, 6.07) is 12.2. The number of carbonyl (C=O) groups is 1. The Morgan fingerprint density at radius 1 is 1.19 bits per heavy atom. The maximum absolute atomic E-state index is 12.3. The van der Waals surface area contributed by atoms with Crippen molar-refractivity contribution in [2.45, 2.75) is 20.4 Å². The molecule has 8 heteroatoms. The average molecular weight is 411 g/mol. The third kappa shape index (κ3) is 6.15. The van der Waals surface area contributed by atoms with Crippen LogP contribution in [0.25, 0.3) is 0 Å². The topological polar surface area (TPSA) is 75.7 Å². The van der Waals surface area contributed by atoms with Crippen molar-refractivity contribution in [2.24, 2.45) is 0 Å². The second-order valence-corrected chi connectivity index (χ2v) is 8.40. The highest BCUT2D eigenvalue weighted by atomic mass is 35.5. The lowest BCUT2D eigenvalue weighted by molar-refractivity contribution is -0.119. The Morgan fingerprint density at radius 2 is 1.85 bits per heavy atom. The van der Waals surface area contributed by atoms with Gasteiger partial charge in [0, 0.05) is 11.6 Å². The Kier molecular flexibility index (Phi) is 7.10. The highest BCUT2D eigenvalue weighted by Gasteiger charge is 2.22. The monoisotopic (exact) mass is 410 g/mol. The number of hydrogen-bond donors (Lipinski definition) is 1. The minimum absolute atomic E-state index is 0.294. The molecule has 0 bridgehead atoms. The summed E-state index contributed by atoms with van der Waals surface area (Å²) in [6.45, 7) is 4.23. The van der Waals surface area contributed by atoms with E-state index in [0.29, 0.717) is 29.4 Å². The first-order valence-electron chi connectivity index (χ1n) is 8.43. The molecule has 2 aromatic carbocycles. The van der Waals surface area contributed by atoms with Crippen LogP contribution in [0.4, 0.5) is 5.69 Å². The predicted molar refractivity (Wildman–Crippen MR) is 108 cm³/mol. The molecule has 1 N–H and O–H groups in total. The molecule has 0 saturated heterocycles. The number of sulfonamides is 1. The number of ether oxygens (including phenoxy) is 1. The number of amides is 1. The fourth-order valence-electron chi connectivity index (χ4n) is 2.54. The van der Waals surface area contributed by atoms with Crippen LogP contribution in [-0.2, 0) is 21.4 Å². The van der Waals surface area contributed by atoms with Crippen molar-refractivity contribution in [1.82, 2.24) is 5.32 Å². The van der Waals surface area contributed by atoms with Crippen LogP contribution in [0.15, 0.2) is 42.5 Å². The maximum atomic E-state index is 12.3. The number of halogens is 1. The first-order valence-corrected chi connectivity index (χ1v) is 10.7. The highest BCUT2D eigenvalue weighted by Crippen LogP contribution is 2.25. The van der Waals surface area contributed by atoms with Crippen LogP contribution in [0.2, 0.25) is 5.02 Å². The summed E-state index contributed by atoms with van der Waals surface area (Å²) < 4.78 is 30.8. The van der Waals surface area contributed by atoms with Crippen LogP contribution >= 0.6 is 11.6 Å². The predicted octanol–water partition coefficient (Wildman–Crippen LogP) is 3.13. The molecule has 2 rings (SSSR count). The zero-order valence-corrected chi connectivity index (χ0v) is 17.1. The molecule has 27 heavy (non-hydrogen) atoms. The zero-order chi connectivity index (χ0) is 20.0. The fraction of sp³-hybridized carbons (Fsp3) is 0.316. The lowest BCUT2D eigenvalue weighted by Crippen LogP contribution is -2.40. The molecule has 0 saturated carbocycles. The van der Waals surface area contributed by atoms with Crippen molar-refractivity contribution in [3.63, 3.8) is 0 Å². The number of nitrogens with one attached hydrogen (secondary N) is 1. The van der Waals surface area contributed by atoms with Crippen molar-refractivity contribution in [3.8, 4) is 5.75 Å². The molecule has 6 nitrogen and oxygen atoms in total. The maximum Gasteiger partial charge on any atom is 0.241 e. The number of rotatable bonds is 8. The first kappa shape index (κ1) is 21.1. The Labute approximate surface area is 165 Å². The Bertz CT molecular complexity index is 898. The van der Waals surface area contributed by atoms with Gasteiger partial charge in [-0.25, -0.2) is 8.42 Å². The Hall–Kier alpha value is -2.25. The van der Waals surface area contributed by atoms with Crippen LogP contribution in [0, 0.1) is 6.92 Å². The third-order valence-electron chi connectivity index (χ3n) is 3.84. The summed E-state index contributed by atoms with van der Waals surface area (Å²) in [5.74, 6) is 0.359. The summed E-state index contributed by atoms with van der Waals surface area (Å²) >= 11 is 5.93. The van der Waals surface area contributed by atoms with Crippen molar-refractivity contribution >= 4 is 33.2 Å². The molecule has 0 atom stereocenters. The lowest BCUT2D eigenvalue weighted by Gasteiger charge is -2.23. The third-order valence-corrected chi connectivity index (χ3v) is 5.20. The highest BCUT2D eigenvalue weighted by molar-refractivity contribution is 7.92. The summed E-state index contributed by atoms with van der Waals surface area (Å²) in [5, 5.41) is 3.25. The fourth-order valence-corrected chi connectivity index (χ4v) is 3.68. The van der Waals surface area contributed by atoms with Crippen LogP contribution in [0.3, 0.4) is 0 Å². The molecule has 0 aliphatic carbocycles. The minimum atomic E-state index is -3.63. The Balaban J connectivity index is 2.06. The Morgan fingerprint density at radius 3 is 2.41 bits per heavy atom. The van der Waals surface area contributed by atoms with Gasteiger partial charge in [0.05, 0.1) is 18.6 Å². The SMILES string of the molecule is CCOc1ccc(CNC(=O)CN(c2ccc(Cl)cc2C)S(C)(=O)=O)cc1. The van der Waals surface area contributed by atoms with Crippen molar-refractivity contribution < 1.29 is 17.9 Å². The van der Waals surface area contributed by atoms with E-state index in [4.69, 9.17) is 16.3 Å². The summed E-state index contributed by atoms with van der Waals surface area (Å²) in [4.78, 5) is 12.3. The van der Waals surface area contributed by atoms with Gasteiger partial charge in [0.25, 0.3) is 0 Å².